The van der Waals surface area contributed by atoms with Crippen molar-refractivity contribution in [2.75, 3.05) is 10.7 Å². The molecule has 2 heterocycles. The van der Waals surface area contributed by atoms with E-state index >= 15 is 0 Å². The second-order valence-corrected chi connectivity index (χ2v) is 4.53. The Labute approximate surface area is 115 Å². The summed E-state index contributed by atoms with van der Waals surface area (Å²) in [4.78, 5) is 8.36. The average Bonchev–Trinajstić information content (AvgIpc) is 2.85. The first-order chi connectivity index (χ1) is 9.26. The van der Waals surface area contributed by atoms with E-state index in [-0.39, 0.29) is 5.65 Å². The van der Waals surface area contributed by atoms with Gasteiger partial charge in [-0.05, 0) is 28.5 Å². The van der Waals surface area contributed by atoms with Crippen molar-refractivity contribution in [3.05, 3.63) is 28.7 Å². The van der Waals surface area contributed by atoms with E-state index in [1.807, 2.05) is 24.3 Å². The van der Waals surface area contributed by atoms with Crippen LogP contribution >= 0.6 is 15.9 Å². The summed E-state index contributed by atoms with van der Waals surface area (Å²) in [5, 5.41) is 10.3. The van der Waals surface area contributed by atoms with E-state index in [1.165, 1.54) is 0 Å². The van der Waals surface area contributed by atoms with Gasteiger partial charge < -0.3 is 10.7 Å². The van der Waals surface area contributed by atoms with Gasteiger partial charge in [0.15, 0.2) is 11.6 Å². The molecule has 0 fully saturated rings. The first-order valence-corrected chi connectivity index (χ1v) is 6.05. The van der Waals surface area contributed by atoms with E-state index in [9.17, 15) is 0 Å². The van der Waals surface area contributed by atoms with Gasteiger partial charge in [-0.3, -0.25) is 0 Å². The third kappa shape index (κ3) is 2.33. The largest absolute Gasteiger partial charge is 0.337 e. The van der Waals surface area contributed by atoms with Crippen molar-refractivity contribution < 1.29 is 4.63 Å². The molecule has 3 aromatic rings. The van der Waals surface area contributed by atoms with E-state index in [0.29, 0.717) is 17.3 Å². The lowest BCUT2D eigenvalue weighted by molar-refractivity contribution is 0.314. The summed E-state index contributed by atoms with van der Waals surface area (Å²) in [6, 6.07) is 7.60. The minimum atomic E-state index is 0.285. The molecule has 0 saturated carbocycles. The average molecular weight is 322 g/mol. The number of anilines is 3. The highest BCUT2D eigenvalue weighted by molar-refractivity contribution is 9.10. The predicted molar refractivity (Wildman–Crippen MR) is 72.6 cm³/mol. The zero-order valence-corrected chi connectivity index (χ0v) is 11.0. The normalized spacial score (nSPS) is 10.6. The van der Waals surface area contributed by atoms with Gasteiger partial charge in [-0.1, -0.05) is 22.0 Å². The fraction of sp³-hybridized carbons (Fsp3) is 0. The molecule has 0 unspecified atom stereocenters. The van der Waals surface area contributed by atoms with E-state index < -0.39 is 0 Å². The molecule has 3 rings (SSSR count). The predicted octanol–water partition coefficient (Wildman–Crippen LogP) is 1.80. The van der Waals surface area contributed by atoms with Crippen molar-refractivity contribution in [1.29, 1.82) is 0 Å². The Morgan fingerprint density at radius 1 is 1.11 bits per heavy atom. The van der Waals surface area contributed by atoms with E-state index in [4.69, 9.17) is 5.84 Å². The van der Waals surface area contributed by atoms with Crippen LogP contribution < -0.4 is 16.6 Å². The van der Waals surface area contributed by atoms with Gasteiger partial charge in [-0.2, -0.15) is 4.98 Å². The molecule has 0 aliphatic heterocycles. The lowest BCUT2D eigenvalue weighted by atomic mass is 10.3. The minimum Gasteiger partial charge on any atom is -0.337 e. The molecule has 0 atom stereocenters. The second kappa shape index (κ2) is 4.78. The summed E-state index contributed by atoms with van der Waals surface area (Å²) >= 11 is 3.39. The Hall–Kier alpha value is -2.26. The molecule has 0 saturated heterocycles. The maximum atomic E-state index is 5.41. The maximum absolute atomic E-state index is 5.41. The standard InChI is InChI=1S/C10H8BrN7O/c11-5-2-1-3-6(4-5)13-7-8(16-12)15-10-9(14-7)17-19-18-10/h1-4H,12H2,(H,13,14,17)(H,15,16,18). The lowest BCUT2D eigenvalue weighted by Gasteiger charge is -2.09. The minimum absolute atomic E-state index is 0.285. The van der Waals surface area contributed by atoms with Crippen molar-refractivity contribution in [2.45, 2.75) is 0 Å². The summed E-state index contributed by atoms with van der Waals surface area (Å²) in [7, 11) is 0. The molecule has 0 aliphatic carbocycles. The van der Waals surface area contributed by atoms with Crippen LogP contribution in [0.1, 0.15) is 0 Å². The number of rotatable bonds is 3. The highest BCUT2D eigenvalue weighted by Gasteiger charge is 2.12. The van der Waals surface area contributed by atoms with E-state index in [1.54, 1.807) is 0 Å². The van der Waals surface area contributed by atoms with Crippen molar-refractivity contribution >= 4 is 44.5 Å². The van der Waals surface area contributed by atoms with Crippen LogP contribution in [-0.4, -0.2) is 20.3 Å². The summed E-state index contributed by atoms with van der Waals surface area (Å²) in [6.07, 6.45) is 0. The number of nitrogen functional groups attached to an aromatic ring is 1. The Morgan fingerprint density at radius 2 is 1.84 bits per heavy atom. The zero-order valence-electron chi connectivity index (χ0n) is 9.46. The maximum Gasteiger partial charge on any atom is 0.245 e. The molecular formula is C10H8BrN7O. The summed E-state index contributed by atoms with van der Waals surface area (Å²) in [6.45, 7) is 0. The number of aromatic nitrogens is 4. The molecule has 96 valence electrons. The van der Waals surface area contributed by atoms with Crippen LogP contribution in [0.5, 0.6) is 0 Å². The van der Waals surface area contributed by atoms with Gasteiger partial charge in [-0.15, -0.1) is 0 Å². The van der Waals surface area contributed by atoms with Gasteiger partial charge in [0.05, 0.1) is 0 Å². The molecule has 0 radical (unpaired) electrons. The number of nitrogens with zero attached hydrogens (tertiary/aromatic N) is 4. The van der Waals surface area contributed by atoms with Gasteiger partial charge in [0.2, 0.25) is 11.3 Å². The quantitative estimate of drug-likeness (QED) is 0.494. The summed E-state index contributed by atoms with van der Waals surface area (Å²) < 4.78 is 5.50. The molecule has 19 heavy (non-hydrogen) atoms. The van der Waals surface area contributed by atoms with Crippen LogP contribution in [0.3, 0.4) is 0 Å². The lowest BCUT2D eigenvalue weighted by Crippen LogP contribution is -2.12. The topological polar surface area (TPSA) is 115 Å². The fourth-order valence-corrected chi connectivity index (χ4v) is 1.93. The van der Waals surface area contributed by atoms with Gasteiger partial charge in [0, 0.05) is 10.2 Å². The van der Waals surface area contributed by atoms with Crippen LogP contribution in [0.15, 0.2) is 33.4 Å². The van der Waals surface area contributed by atoms with E-state index in [2.05, 4.69) is 51.6 Å². The molecule has 8 nitrogen and oxygen atoms in total. The van der Waals surface area contributed by atoms with Gasteiger partial charge in [-0.25, -0.2) is 15.5 Å². The number of nitrogens with one attached hydrogen (secondary N) is 2. The van der Waals surface area contributed by atoms with Gasteiger partial charge in [0.25, 0.3) is 0 Å². The van der Waals surface area contributed by atoms with Gasteiger partial charge >= 0.3 is 0 Å². The Kier molecular flexibility index (Phi) is 2.97. The van der Waals surface area contributed by atoms with Crippen molar-refractivity contribution in [3.63, 3.8) is 0 Å². The van der Waals surface area contributed by atoms with Crippen LogP contribution in [0, 0.1) is 0 Å². The first-order valence-electron chi connectivity index (χ1n) is 5.26. The molecule has 0 aliphatic rings. The molecule has 4 N–H and O–H groups in total. The molecule has 9 heteroatoms. The summed E-state index contributed by atoms with van der Waals surface area (Å²) in [5.41, 5.74) is 3.87. The highest BCUT2D eigenvalue weighted by atomic mass is 79.9. The third-order valence-electron chi connectivity index (χ3n) is 2.34. The number of nitrogens with two attached hydrogens (primary N) is 1. The monoisotopic (exact) mass is 321 g/mol. The zero-order chi connectivity index (χ0) is 13.2. The molecule has 0 amide bonds. The fourth-order valence-electron chi connectivity index (χ4n) is 1.53. The number of benzene rings is 1. The molecule has 1 aromatic carbocycles. The van der Waals surface area contributed by atoms with Crippen LogP contribution in [0.4, 0.5) is 17.3 Å². The van der Waals surface area contributed by atoms with E-state index in [0.717, 1.165) is 10.2 Å². The Morgan fingerprint density at radius 3 is 2.53 bits per heavy atom. The smallest absolute Gasteiger partial charge is 0.245 e. The summed E-state index contributed by atoms with van der Waals surface area (Å²) in [5.74, 6) is 6.20. The number of halogens is 1. The van der Waals surface area contributed by atoms with Crippen molar-refractivity contribution in [2.24, 2.45) is 5.84 Å². The van der Waals surface area contributed by atoms with Crippen LogP contribution in [-0.2, 0) is 0 Å². The molecule has 0 spiro atoms. The highest BCUT2D eigenvalue weighted by Crippen LogP contribution is 2.24. The van der Waals surface area contributed by atoms with Crippen LogP contribution in [0.2, 0.25) is 0 Å². The number of hydrogen-bond acceptors (Lipinski definition) is 8. The van der Waals surface area contributed by atoms with Crippen LogP contribution in [0.25, 0.3) is 11.3 Å². The molecule has 2 aromatic heterocycles. The number of hydrazine groups is 1. The SMILES string of the molecule is NNc1nc2nonc2nc1Nc1cccc(Br)c1. The van der Waals surface area contributed by atoms with Gasteiger partial charge in [0.1, 0.15) is 0 Å². The Balaban J connectivity index is 2.03. The second-order valence-electron chi connectivity index (χ2n) is 3.61. The van der Waals surface area contributed by atoms with Crippen molar-refractivity contribution in [1.82, 2.24) is 20.3 Å². The molecule has 0 bridgehead atoms. The van der Waals surface area contributed by atoms with Crippen molar-refractivity contribution in [3.8, 4) is 0 Å². The first kappa shape index (κ1) is 11.8. The molecular weight excluding hydrogens is 314 g/mol. The third-order valence-corrected chi connectivity index (χ3v) is 2.83. The Bertz CT molecular complexity index is 729. The number of hydrogen-bond donors (Lipinski definition) is 3. The number of fused-ring (bicyclic) bond motifs is 1.